The lowest BCUT2D eigenvalue weighted by atomic mass is 9.90. The molecule has 0 amide bonds. The van der Waals surface area contributed by atoms with Gasteiger partial charge in [0.15, 0.2) is 0 Å². The highest BCUT2D eigenvalue weighted by Gasteiger charge is 2.08. The zero-order valence-corrected chi connectivity index (χ0v) is 9.71. The third-order valence-electron chi connectivity index (χ3n) is 3.80. The van der Waals surface area contributed by atoms with E-state index in [2.05, 4.69) is 36.4 Å². The van der Waals surface area contributed by atoms with E-state index in [1.54, 1.807) is 11.1 Å². The normalized spacial score (nSPS) is 19.8. The van der Waals surface area contributed by atoms with E-state index in [0.29, 0.717) is 0 Å². The number of aryl methyl sites for hydroxylation is 2. The van der Waals surface area contributed by atoms with E-state index in [1.807, 2.05) is 0 Å². The van der Waals surface area contributed by atoms with Crippen LogP contribution >= 0.6 is 0 Å². The average molecular weight is 210 g/mol. The fraction of sp³-hybridized carbons (Fsp3) is 0.375. The summed E-state index contributed by atoms with van der Waals surface area (Å²) < 4.78 is 0. The molecule has 0 radical (unpaired) electrons. The molecule has 0 nitrogen and oxygen atoms in total. The van der Waals surface area contributed by atoms with Crippen molar-refractivity contribution in [3.8, 4) is 0 Å². The number of allylic oxidation sites excluding steroid dienone is 4. The highest BCUT2D eigenvalue weighted by atomic mass is 14.1. The van der Waals surface area contributed by atoms with Gasteiger partial charge in [-0.1, -0.05) is 47.6 Å². The van der Waals surface area contributed by atoms with Crippen molar-refractivity contribution in [3.05, 3.63) is 58.7 Å². The van der Waals surface area contributed by atoms with Gasteiger partial charge in [-0.25, -0.2) is 0 Å². The van der Waals surface area contributed by atoms with Gasteiger partial charge in [0.1, 0.15) is 0 Å². The van der Waals surface area contributed by atoms with Crippen LogP contribution in [0.1, 0.15) is 36.8 Å². The SMILES string of the molecule is C1=C2CC=C(C1)CCc1ccc(cc1)CC2. The summed E-state index contributed by atoms with van der Waals surface area (Å²) >= 11 is 0. The summed E-state index contributed by atoms with van der Waals surface area (Å²) in [5.74, 6) is 0. The molecule has 0 unspecified atom stereocenters. The maximum atomic E-state index is 2.46. The van der Waals surface area contributed by atoms with Crippen LogP contribution in [0, 0.1) is 0 Å². The van der Waals surface area contributed by atoms with Crippen LogP contribution in [0.25, 0.3) is 0 Å². The molecule has 0 saturated carbocycles. The van der Waals surface area contributed by atoms with Crippen LogP contribution in [0.4, 0.5) is 0 Å². The van der Waals surface area contributed by atoms with Crippen molar-refractivity contribution in [3.63, 3.8) is 0 Å². The second-order valence-corrected chi connectivity index (χ2v) is 4.95. The van der Waals surface area contributed by atoms with E-state index >= 15 is 0 Å². The molecule has 0 fully saturated rings. The summed E-state index contributed by atoms with van der Waals surface area (Å²) in [4.78, 5) is 0. The van der Waals surface area contributed by atoms with E-state index in [0.717, 1.165) is 0 Å². The maximum absolute atomic E-state index is 2.46. The van der Waals surface area contributed by atoms with Crippen LogP contribution in [-0.4, -0.2) is 0 Å². The maximum Gasteiger partial charge on any atom is -0.0136 e. The van der Waals surface area contributed by atoms with Gasteiger partial charge in [-0.15, -0.1) is 0 Å². The van der Waals surface area contributed by atoms with Gasteiger partial charge in [-0.3, -0.25) is 0 Å². The standard InChI is InChI=1S/C16H18/c1-2-14-4-3-13(1)9-10-15-5-7-16(8-6-15)12-11-14/h1-5,8H,6-7,9-12H2. The third kappa shape index (κ3) is 2.11. The predicted molar refractivity (Wildman–Crippen MR) is 68.5 cm³/mol. The number of hydrogen-bond donors (Lipinski definition) is 0. The summed E-state index contributed by atoms with van der Waals surface area (Å²) in [5, 5.41) is 0. The highest BCUT2D eigenvalue weighted by Crippen LogP contribution is 2.25. The molecule has 0 heterocycles. The Kier molecular flexibility index (Phi) is 2.65. The minimum Gasteiger partial charge on any atom is -0.0809 e. The van der Waals surface area contributed by atoms with Crippen LogP contribution in [-0.2, 0) is 12.8 Å². The van der Waals surface area contributed by atoms with Gasteiger partial charge in [0.25, 0.3) is 0 Å². The molecule has 16 heavy (non-hydrogen) atoms. The van der Waals surface area contributed by atoms with Crippen molar-refractivity contribution < 1.29 is 0 Å². The van der Waals surface area contributed by atoms with Gasteiger partial charge in [0.05, 0.1) is 0 Å². The zero-order chi connectivity index (χ0) is 10.8. The fourth-order valence-electron chi connectivity index (χ4n) is 2.61. The van der Waals surface area contributed by atoms with E-state index in [9.17, 15) is 0 Å². The van der Waals surface area contributed by atoms with Crippen LogP contribution in [0.5, 0.6) is 0 Å². The lowest BCUT2D eigenvalue weighted by Gasteiger charge is -2.16. The Hall–Kier alpha value is -1.30. The largest absolute Gasteiger partial charge is 0.0809 e. The molecule has 1 aromatic rings. The first-order valence-corrected chi connectivity index (χ1v) is 6.34. The monoisotopic (exact) mass is 210 g/mol. The van der Waals surface area contributed by atoms with Crippen LogP contribution in [0.3, 0.4) is 0 Å². The fourth-order valence-corrected chi connectivity index (χ4v) is 2.61. The molecule has 5 aliphatic carbocycles. The Balaban J connectivity index is 1.89. The third-order valence-corrected chi connectivity index (χ3v) is 3.80. The van der Waals surface area contributed by atoms with Crippen molar-refractivity contribution in [1.82, 2.24) is 0 Å². The van der Waals surface area contributed by atoms with Crippen molar-refractivity contribution in [2.75, 3.05) is 0 Å². The van der Waals surface area contributed by atoms with Gasteiger partial charge < -0.3 is 0 Å². The highest BCUT2D eigenvalue weighted by molar-refractivity contribution is 5.28. The Morgan fingerprint density at radius 1 is 0.562 bits per heavy atom. The summed E-state index contributed by atoms with van der Waals surface area (Å²) in [6.45, 7) is 0. The second kappa shape index (κ2) is 4.29. The summed E-state index contributed by atoms with van der Waals surface area (Å²) in [6.07, 6.45) is 12.2. The number of hydrogen-bond acceptors (Lipinski definition) is 0. The first kappa shape index (κ1) is 9.89. The van der Waals surface area contributed by atoms with Gasteiger partial charge >= 0.3 is 0 Å². The van der Waals surface area contributed by atoms with Gasteiger partial charge in [0, 0.05) is 0 Å². The lowest BCUT2D eigenvalue weighted by molar-refractivity contribution is 0.831. The Labute approximate surface area is 97.7 Å². The molecule has 0 saturated heterocycles. The molecule has 0 atom stereocenters. The second-order valence-electron chi connectivity index (χ2n) is 4.95. The van der Waals surface area contributed by atoms with Gasteiger partial charge in [-0.2, -0.15) is 0 Å². The molecular formula is C16H18. The zero-order valence-electron chi connectivity index (χ0n) is 9.71. The minimum atomic E-state index is 1.20. The molecule has 82 valence electrons. The Morgan fingerprint density at radius 2 is 1.00 bits per heavy atom. The Bertz CT molecular complexity index is 389. The minimum absolute atomic E-state index is 1.20. The van der Waals surface area contributed by atoms with E-state index in [1.165, 1.54) is 49.7 Å². The predicted octanol–water partition coefficient (Wildman–Crippen LogP) is 4.21. The van der Waals surface area contributed by atoms with E-state index in [-0.39, 0.29) is 0 Å². The van der Waals surface area contributed by atoms with E-state index < -0.39 is 0 Å². The van der Waals surface area contributed by atoms with Gasteiger partial charge in [-0.05, 0) is 49.7 Å². The van der Waals surface area contributed by atoms with Crippen LogP contribution in [0.2, 0.25) is 0 Å². The van der Waals surface area contributed by atoms with Crippen LogP contribution < -0.4 is 0 Å². The molecule has 0 aromatic heterocycles. The molecule has 0 heteroatoms. The first-order valence-electron chi connectivity index (χ1n) is 6.34. The van der Waals surface area contributed by atoms with Gasteiger partial charge in [0.2, 0.25) is 0 Å². The average Bonchev–Trinajstić information content (AvgIpc) is 2.33. The van der Waals surface area contributed by atoms with E-state index in [4.69, 9.17) is 0 Å². The van der Waals surface area contributed by atoms with Crippen molar-refractivity contribution in [1.29, 1.82) is 0 Å². The van der Waals surface area contributed by atoms with Crippen molar-refractivity contribution in [2.45, 2.75) is 38.5 Å². The summed E-state index contributed by atoms with van der Waals surface area (Å²) in [7, 11) is 0. The quantitative estimate of drug-likeness (QED) is 0.563. The number of rotatable bonds is 0. The molecule has 0 spiro atoms. The lowest BCUT2D eigenvalue weighted by Crippen LogP contribution is -1.99. The summed E-state index contributed by atoms with van der Waals surface area (Å²) in [5.41, 5.74) is 6.24. The molecule has 1 aromatic carbocycles. The molecule has 6 rings (SSSR count). The Morgan fingerprint density at radius 3 is 1.38 bits per heavy atom. The molecule has 5 aliphatic rings. The number of benzene rings is 1. The summed E-state index contributed by atoms with van der Waals surface area (Å²) in [6, 6.07) is 9.22. The van der Waals surface area contributed by atoms with Crippen molar-refractivity contribution >= 4 is 0 Å². The molecular weight excluding hydrogens is 192 g/mol. The van der Waals surface area contributed by atoms with Crippen molar-refractivity contribution in [2.24, 2.45) is 0 Å². The van der Waals surface area contributed by atoms with Crippen LogP contribution in [0.15, 0.2) is 47.6 Å². The molecule has 0 N–H and O–H groups in total. The molecule has 0 aliphatic heterocycles. The topological polar surface area (TPSA) is 0 Å². The molecule has 4 bridgehead atoms. The first-order chi connectivity index (χ1) is 7.90. The smallest absolute Gasteiger partial charge is 0.0136 e.